The average molecular weight is 327 g/mol. The maximum absolute atomic E-state index is 5.69. The van der Waals surface area contributed by atoms with Gasteiger partial charge in [-0.3, -0.25) is 4.98 Å². The standard InChI is InChI=1S/C12H14N2O.C7H11NO/c1-8(2)11-9(3)14-12(15-11)10-6-4-5-7-13-10;1-5(2)7-6(3)8-4-9-7/h4-8H,1-3H3;4-5H,1-3H3. The van der Waals surface area contributed by atoms with Crippen LogP contribution in [0, 0.1) is 13.8 Å². The molecule has 0 aliphatic carbocycles. The molecule has 3 heterocycles. The maximum atomic E-state index is 5.69. The van der Waals surface area contributed by atoms with Crippen molar-refractivity contribution < 1.29 is 8.83 Å². The second-order valence-corrected chi connectivity index (χ2v) is 6.30. The Balaban J connectivity index is 0.000000198. The second-order valence-electron chi connectivity index (χ2n) is 6.30. The largest absolute Gasteiger partial charge is 0.448 e. The van der Waals surface area contributed by atoms with Crippen LogP contribution in [0.1, 0.15) is 62.4 Å². The molecule has 128 valence electrons. The molecule has 0 radical (unpaired) electrons. The van der Waals surface area contributed by atoms with Crippen molar-refractivity contribution in [1.82, 2.24) is 15.0 Å². The molecule has 5 nitrogen and oxygen atoms in total. The van der Waals surface area contributed by atoms with Crippen LogP contribution in [0.4, 0.5) is 0 Å². The number of hydrogen-bond donors (Lipinski definition) is 0. The lowest BCUT2D eigenvalue weighted by Crippen LogP contribution is -1.86. The van der Waals surface area contributed by atoms with Crippen LogP contribution in [0.5, 0.6) is 0 Å². The monoisotopic (exact) mass is 327 g/mol. The Kier molecular flexibility index (Phi) is 5.90. The van der Waals surface area contributed by atoms with E-state index in [2.05, 4.69) is 42.6 Å². The highest BCUT2D eigenvalue weighted by atomic mass is 16.4. The van der Waals surface area contributed by atoms with Crippen LogP contribution in [-0.2, 0) is 0 Å². The first-order chi connectivity index (χ1) is 11.4. The lowest BCUT2D eigenvalue weighted by Gasteiger charge is -1.98. The third-order valence-corrected chi connectivity index (χ3v) is 3.55. The third kappa shape index (κ3) is 4.31. The summed E-state index contributed by atoms with van der Waals surface area (Å²) in [5.41, 5.74) is 2.74. The highest BCUT2D eigenvalue weighted by Gasteiger charge is 2.14. The molecular weight excluding hydrogens is 302 g/mol. The molecule has 0 amide bonds. The molecule has 24 heavy (non-hydrogen) atoms. The Morgan fingerprint density at radius 3 is 2.00 bits per heavy atom. The van der Waals surface area contributed by atoms with E-state index in [0.717, 1.165) is 28.6 Å². The zero-order valence-corrected chi connectivity index (χ0v) is 15.2. The molecule has 5 heteroatoms. The predicted octanol–water partition coefficient (Wildman–Crippen LogP) is 5.27. The summed E-state index contributed by atoms with van der Waals surface area (Å²) < 4.78 is 10.8. The van der Waals surface area contributed by atoms with Gasteiger partial charge in [-0.25, -0.2) is 9.97 Å². The van der Waals surface area contributed by atoms with Gasteiger partial charge in [-0.15, -0.1) is 0 Å². The molecule has 0 atom stereocenters. The van der Waals surface area contributed by atoms with E-state index in [1.807, 2.05) is 32.0 Å². The number of hydrogen-bond acceptors (Lipinski definition) is 5. The van der Waals surface area contributed by atoms with E-state index >= 15 is 0 Å². The number of nitrogens with zero attached hydrogens (tertiary/aromatic N) is 3. The van der Waals surface area contributed by atoms with Gasteiger partial charge >= 0.3 is 0 Å². The molecule has 0 saturated heterocycles. The van der Waals surface area contributed by atoms with E-state index in [0.29, 0.717) is 17.7 Å². The Morgan fingerprint density at radius 1 is 0.875 bits per heavy atom. The molecule has 0 bridgehead atoms. The van der Waals surface area contributed by atoms with E-state index in [4.69, 9.17) is 8.83 Å². The predicted molar refractivity (Wildman–Crippen MR) is 93.9 cm³/mol. The van der Waals surface area contributed by atoms with Crippen molar-refractivity contribution in [2.75, 3.05) is 0 Å². The quantitative estimate of drug-likeness (QED) is 0.655. The van der Waals surface area contributed by atoms with Crippen molar-refractivity contribution in [3.63, 3.8) is 0 Å². The van der Waals surface area contributed by atoms with Gasteiger partial charge in [0.25, 0.3) is 0 Å². The van der Waals surface area contributed by atoms with Crippen LogP contribution >= 0.6 is 0 Å². The van der Waals surface area contributed by atoms with Crippen LogP contribution < -0.4 is 0 Å². The van der Waals surface area contributed by atoms with Gasteiger partial charge in [-0.2, -0.15) is 0 Å². The fourth-order valence-electron chi connectivity index (χ4n) is 2.41. The molecule has 3 rings (SSSR count). The minimum Gasteiger partial charge on any atom is -0.448 e. The van der Waals surface area contributed by atoms with Gasteiger partial charge in [0, 0.05) is 18.0 Å². The molecule has 0 saturated carbocycles. The zero-order valence-electron chi connectivity index (χ0n) is 15.2. The van der Waals surface area contributed by atoms with Crippen molar-refractivity contribution in [2.45, 2.75) is 53.4 Å². The number of oxazole rings is 2. The van der Waals surface area contributed by atoms with Crippen LogP contribution in [0.15, 0.2) is 39.6 Å². The Morgan fingerprint density at radius 2 is 1.58 bits per heavy atom. The van der Waals surface area contributed by atoms with Gasteiger partial charge in [0.1, 0.15) is 17.2 Å². The van der Waals surface area contributed by atoms with Crippen LogP contribution in [0.25, 0.3) is 11.6 Å². The van der Waals surface area contributed by atoms with E-state index in [1.54, 1.807) is 6.20 Å². The summed E-state index contributed by atoms with van der Waals surface area (Å²) >= 11 is 0. The molecule has 0 aliphatic heterocycles. The van der Waals surface area contributed by atoms with Gasteiger partial charge in [-0.05, 0) is 26.0 Å². The van der Waals surface area contributed by atoms with Crippen LogP contribution in [-0.4, -0.2) is 15.0 Å². The molecule has 3 aromatic rings. The minimum absolute atomic E-state index is 0.356. The first-order valence-electron chi connectivity index (χ1n) is 8.18. The van der Waals surface area contributed by atoms with Crippen molar-refractivity contribution in [2.24, 2.45) is 0 Å². The Bertz CT molecular complexity index is 758. The molecule has 0 aliphatic rings. The number of aryl methyl sites for hydroxylation is 2. The number of rotatable bonds is 3. The van der Waals surface area contributed by atoms with Crippen molar-refractivity contribution >= 4 is 0 Å². The Labute approximate surface area is 143 Å². The average Bonchev–Trinajstić information content (AvgIpc) is 3.15. The summed E-state index contributed by atoms with van der Waals surface area (Å²) in [4.78, 5) is 12.6. The van der Waals surface area contributed by atoms with Crippen LogP contribution in [0.2, 0.25) is 0 Å². The van der Waals surface area contributed by atoms with Crippen molar-refractivity contribution in [3.05, 3.63) is 53.7 Å². The van der Waals surface area contributed by atoms with Crippen LogP contribution in [0.3, 0.4) is 0 Å². The van der Waals surface area contributed by atoms with Gasteiger partial charge in [0.15, 0.2) is 6.39 Å². The lowest BCUT2D eigenvalue weighted by atomic mass is 10.1. The smallest absolute Gasteiger partial charge is 0.245 e. The van der Waals surface area contributed by atoms with Gasteiger partial charge in [0.05, 0.1) is 11.4 Å². The highest BCUT2D eigenvalue weighted by molar-refractivity contribution is 5.47. The summed E-state index contributed by atoms with van der Waals surface area (Å²) in [5, 5.41) is 0. The third-order valence-electron chi connectivity index (χ3n) is 3.55. The van der Waals surface area contributed by atoms with Crippen molar-refractivity contribution in [1.29, 1.82) is 0 Å². The fourth-order valence-corrected chi connectivity index (χ4v) is 2.41. The molecule has 3 aromatic heterocycles. The highest BCUT2D eigenvalue weighted by Crippen LogP contribution is 2.25. The van der Waals surface area contributed by atoms with E-state index < -0.39 is 0 Å². The topological polar surface area (TPSA) is 65.0 Å². The van der Waals surface area contributed by atoms with Gasteiger partial charge < -0.3 is 8.83 Å². The lowest BCUT2D eigenvalue weighted by molar-refractivity contribution is 0.480. The molecule has 0 N–H and O–H groups in total. The first kappa shape index (κ1) is 17.9. The molecule has 0 aromatic carbocycles. The van der Waals surface area contributed by atoms with E-state index in [-0.39, 0.29) is 0 Å². The Hall–Kier alpha value is -2.43. The SMILES string of the molecule is Cc1nc(-c2ccccn2)oc1C(C)C.Cc1ncoc1C(C)C. The van der Waals surface area contributed by atoms with Gasteiger partial charge in [-0.1, -0.05) is 33.8 Å². The number of aromatic nitrogens is 3. The summed E-state index contributed by atoms with van der Waals surface area (Å²) in [6.45, 7) is 12.3. The molecular formula is C19H25N3O2. The second kappa shape index (κ2) is 7.90. The minimum atomic E-state index is 0.356. The first-order valence-corrected chi connectivity index (χ1v) is 8.18. The molecule has 0 fully saturated rings. The fraction of sp³-hybridized carbons (Fsp3) is 0.421. The summed E-state index contributed by atoms with van der Waals surface area (Å²) in [6.07, 6.45) is 3.23. The van der Waals surface area contributed by atoms with E-state index in [9.17, 15) is 0 Å². The molecule has 0 spiro atoms. The van der Waals surface area contributed by atoms with Gasteiger partial charge in [0.2, 0.25) is 5.89 Å². The normalized spacial score (nSPS) is 10.8. The zero-order chi connectivity index (χ0) is 17.7. The molecule has 0 unspecified atom stereocenters. The van der Waals surface area contributed by atoms with Crippen molar-refractivity contribution in [3.8, 4) is 11.6 Å². The maximum Gasteiger partial charge on any atom is 0.245 e. The summed E-state index contributed by atoms with van der Waals surface area (Å²) in [5.74, 6) is 3.35. The van der Waals surface area contributed by atoms with E-state index in [1.165, 1.54) is 6.39 Å². The summed E-state index contributed by atoms with van der Waals surface area (Å²) in [7, 11) is 0. The number of pyridine rings is 1. The summed E-state index contributed by atoms with van der Waals surface area (Å²) in [6, 6.07) is 5.70.